The maximum Gasteiger partial charge on any atom is 0.161 e. The van der Waals surface area contributed by atoms with Gasteiger partial charge in [-0.2, -0.15) is 0 Å². The normalized spacial score (nSPS) is 25.4. The lowest BCUT2D eigenvalue weighted by Gasteiger charge is -2.21. The molecule has 0 radical (unpaired) electrons. The summed E-state index contributed by atoms with van der Waals surface area (Å²) in [6.07, 6.45) is 1.42. The van der Waals surface area contributed by atoms with Crippen LogP contribution in [0, 0.1) is 5.92 Å². The molecule has 2 unspecified atom stereocenters. The molecule has 0 spiro atoms. The summed E-state index contributed by atoms with van der Waals surface area (Å²) in [6.45, 7) is 1.12. The fraction of sp³-hybridized carbons (Fsp3) is 0.571. The molecule has 1 aromatic rings. The number of hydrogen-bond acceptors (Lipinski definition) is 5. The Hall–Kier alpha value is -1.27. The van der Waals surface area contributed by atoms with Crippen molar-refractivity contribution in [3.63, 3.8) is 0 Å². The van der Waals surface area contributed by atoms with Gasteiger partial charge in [0.1, 0.15) is 13.2 Å². The predicted molar refractivity (Wildman–Crippen MR) is 75.7 cm³/mol. The fourth-order valence-electron chi connectivity index (χ4n) is 2.84. The first-order chi connectivity index (χ1) is 9.53. The fourth-order valence-corrected chi connectivity index (χ4v) is 4.72. The first-order valence-electron chi connectivity index (χ1n) is 6.89. The summed E-state index contributed by atoms with van der Waals surface area (Å²) in [5.74, 6) is 2.21. The van der Waals surface area contributed by atoms with Crippen LogP contribution >= 0.6 is 0 Å². The van der Waals surface area contributed by atoms with Gasteiger partial charge in [-0.15, -0.1) is 0 Å². The summed E-state index contributed by atoms with van der Waals surface area (Å²) in [5, 5.41) is 0. The second-order valence-electron chi connectivity index (χ2n) is 5.51. The Balaban J connectivity index is 1.69. The number of sulfone groups is 1. The molecule has 1 aromatic carbocycles. The van der Waals surface area contributed by atoms with Gasteiger partial charge in [-0.05, 0) is 36.5 Å². The first-order valence-corrected chi connectivity index (χ1v) is 8.71. The van der Waals surface area contributed by atoms with Crippen LogP contribution in [0.1, 0.15) is 24.4 Å². The van der Waals surface area contributed by atoms with E-state index in [0.717, 1.165) is 23.5 Å². The average Bonchev–Trinajstić information content (AvgIpc) is 2.77. The molecule has 0 saturated carbocycles. The highest BCUT2D eigenvalue weighted by Gasteiger charge is 2.29. The van der Waals surface area contributed by atoms with Gasteiger partial charge in [-0.1, -0.05) is 6.07 Å². The molecule has 2 aliphatic rings. The molecule has 2 heterocycles. The Morgan fingerprint density at radius 3 is 2.70 bits per heavy atom. The molecule has 0 bridgehead atoms. The minimum Gasteiger partial charge on any atom is -0.486 e. The van der Waals surface area contributed by atoms with Crippen LogP contribution in [0.2, 0.25) is 0 Å². The van der Waals surface area contributed by atoms with Crippen LogP contribution in [-0.2, 0) is 9.84 Å². The van der Waals surface area contributed by atoms with E-state index >= 15 is 0 Å². The Morgan fingerprint density at radius 2 is 2.00 bits per heavy atom. The summed E-state index contributed by atoms with van der Waals surface area (Å²) < 4.78 is 34.0. The van der Waals surface area contributed by atoms with Crippen molar-refractivity contribution in [2.75, 3.05) is 24.7 Å². The third-order valence-corrected chi connectivity index (χ3v) is 5.75. The Labute approximate surface area is 119 Å². The van der Waals surface area contributed by atoms with Gasteiger partial charge in [0.2, 0.25) is 0 Å². The molecule has 2 atom stereocenters. The maximum atomic E-state index is 11.5. The third-order valence-electron chi connectivity index (χ3n) is 3.91. The molecule has 20 heavy (non-hydrogen) atoms. The molecule has 1 fully saturated rings. The second-order valence-corrected chi connectivity index (χ2v) is 7.74. The molecule has 1 saturated heterocycles. The SMILES string of the molecule is NC(CC1CCS(=O)(=O)C1)c1ccc2c(c1)OCCO2. The van der Waals surface area contributed by atoms with Crippen LogP contribution in [0.25, 0.3) is 0 Å². The standard InChI is InChI=1S/C14H19NO4S/c15-12(7-10-3-6-20(16,17)9-10)11-1-2-13-14(8-11)19-5-4-18-13/h1-2,8,10,12H,3-7,9,15H2. The van der Waals surface area contributed by atoms with E-state index in [2.05, 4.69) is 0 Å². The van der Waals surface area contributed by atoms with Crippen LogP contribution < -0.4 is 15.2 Å². The number of ether oxygens (including phenoxy) is 2. The summed E-state index contributed by atoms with van der Waals surface area (Å²) in [4.78, 5) is 0. The van der Waals surface area contributed by atoms with Crippen LogP contribution in [0.5, 0.6) is 11.5 Å². The predicted octanol–water partition coefficient (Wildman–Crippen LogP) is 1.28. The molecule has 0 aliphatic carbocycles. The van der Waals surface area contributed by atoms with Gasteiger partial charge in [-0.3, -0.25) is 0 Å². The molecular formula is C14H19NO4S. The van der Waals surface area contributed by atoms with E-state index in [9.17, 15) is 8.42 Å². The molecule has 0 aromatic heterocycles. The van der Waals surface area contributed by atoms with Crippen molar-refractivity contribution in [2.24, 2.45) is 11.7 Å². The van der Waals surface area contributed by atoms with Crippen LogP contribution in [0.4, 0.5) is 0 Å². The highest BCUT2D eigenvalue weighted by Crippen LogP contribution is 2.34. The lowest BCUT2D eigenvalue weighted by molar-refractivity contribution is 0.171. The van der Waals surface area contributed by atoms with Gasteiger partial charge in [-0.25, -0.2) is 8.42 Å². The van der Waals surface area contributed by atoms with Gasteiger partial charge in [0.25, 0.3) is 0 Å². The summed E-state index contributed by atoms with van der Waals surface area (Å²) in [7, 11) is -2.84. The van der Waals surface area contributed by atoms with Gasteiger partial charge in [0.05, 0.1) is 11.5 Å². The van der Waals surface area contributed by atoms with E-state index < -0.39 is 9.84 Å². The van der Waals surface area contributed by atoms with Crippen molar-refractivity contribution in [1.82, 2.24) is 0 Å². The zero-order chi connectivity index (χ0) is 14.2. The zero-order valence-electron chi connectivity index (χ0n) is 11.2. The molecule has 5 nitrogen and oxygen atoms in total. The lowest BCUT2D eigenvalue weighted by atomic mass is 9.95. The van der Waals surface area contributed by atoms with Crippen molar-refractivity contribution in [2.45, 2.75) is 18.9 Å². The second kappa shape index (κ2) is 5.26. The van der Waals surface area contributed by atoms with Crippen molar-refractivity contribution < 1.29 is 17.9 Å². The topological polar surface area (TPSA) is 78.6 Å². The minimum absolute atomic E-state index is 0.163. The molecule has 110 valence electrons. The Bertz CT molecular complexity index is 599. The van der Waals surface area contributed by atoms with Crippen molar-refractivity contribution in [3.05, 3.63) is 23.8 Å². The minimum atomic E-state index is -2.84. The van der Waals surface area contributed by atoms with Gasteiger partial charge in [0.15, 0.2) is 21.3 Å². The summed E-state index contributed by atoms with van der Waals surface area (Å²) in [6, 6.07) is 5.54. The van der Waals surface area contributed by atoms with E-state index in [4.69, 9.17) is 15.2 Å². The van der Waals surface area contributed by atoms with Crippen molar-refractivity contribution in [3.8, 4) is 11.5 Å². The number of nitrogens with two attached hydrogens (primary N) is 1. The van der Waals surface area contributed by atoms with E-state index in [1.807, 2.05) is 18.2 Å². The summed E-state index contributed by atoms with van der Waals surface area (Å²) >= 11 is 0. The maximum absolute atomic E-state index is 11.5. The molecule has 3 rings (SSSR count). The highest BCUT2D eigenvalue weighted by molar-refractivity contribution is 7.91. The van der Waals surface area contributed by atoms with E-state index in [-0.39, 0.29) is 17.7 Å². The van der Waals surface area contributed by atoms with Crippen molar-refractivity contribution >= 4 is 9.84 Å². The summed E-state index contributed by atoms with van der Waals surface area (Å²) in [5.41, 5.74) is 7.18. The lowest BCUT2D eigenvalue weighted by Crippen LogP contribution is -2.18. The number of hydrogen-bond donors (Lipinski definition) is 1. The molecule has 0 amide bonds. The average molecular weight is 297 g/mol. The molecule has 2 aliphatic heterocycles. The molecule has 2 N–H and O–H groups in total. The van der Waals surface area contributed by atoms with Crippen LogP contribution in [0.3, 0.4) is 0 Å². The zero-order valence-corrected chi connectivity index (χ0v) is 12.1. The largest absolute Gasteiger partial charge is 0.486 e. The monoisotopic (exact) mass is 297 g/mol. The van der Waals surface area contributed by atoms with Crippen LogP contribution in [0.15, 0.2) is 18.2 Å². The van der Waals surface area contributed by atoms with E-state index in [1.165, 1.54) is 0 Å². The van der Waals surface area contributed by atoms with Crippen LogP contribution in [-0.4, -0.2) is 33.1 Å². The first kappa shape index (κ1) is 13.7. The van der Waals surface area contributed by atoms with E-state index in [0.29, 0.717) is 25.4 Å². The number of benzene rings is 1. The third kappa shape index (κ3) is 2.91. The van der Waals surface area contributed by atoms with Gasteiger partial charge >= 0.3 is 0 Å². The van der Waals surface area contributed by atoms with E-state index in [1.54, 1.807) is 0 Å². The Kier molecular flexibility index (Phi) is 3.60. The van der Waals surface area contributed by atoms with Gasteiger partial charge < -0.3 is 15.2 Å². The van der Waals surface area contributed by atoms with Crippen molar-refractivity contribution in [1.29, 1.82) is 0 Å². The molecule has 6 heteroatoms. The number of rotatable bonds is 3. The quantitative estimate of drug-likeness (QED) is 0.909. The smallest absolute Gasteiger partial charge is 0.161 e. The molecular weight excluding hydrogens is 278 g/mol. The Morgan fingerprint density at radius 1 is 1.25 bits per heavy atom. The van der Waals surface area contributed by atoms with Gasteiger partial charge in [0, 0.05) is 6.04 Å². The number of fused-ring (bicyclic) bond motifs is 1. The highest BCUT2D eigenvalue weighted by atomic mass is 32.2.